The summed E-state index contributed by atoms with van der Waals surface area (Å²) in [7, 11) is 0. The Morgan fingerprint density at radius 2 is 2.18 bits per heavy atom. The minimum atomic E-state index is 0.377. The van der Waals surface area contributed by atoms with Crippen molar-refractivity contribution in [1.82, 2.24) is 5.32 Å². The molecule has 1 aromatic carbocycles. The Labute approximate surface area is 108 Å². The van der Waals surface area contributed by atoms with E-state index in [-0.39, 0.29) is 0 Å². The molecule has 1 aromatic rings. The van der Waals surface area contributed by atoms with Crippen molar-refractivity contribution in [2.24, 2.45) is 5.92 Å². The minimum Gasteiger partial charge on any atom is -0.375 e. The van der Waals surface area contributed by atoms with Crippen molar-refractivity contribution >= 4 is 11.8 Å². The number of morpholine rings is 1. The van der Waals surface area contributed by atoms with Crippen LogP contribution in [0.25, 0.3) is 0 Å². The lowest BCUT2D eigenvalue weighted by Crippen LogP contribution is -2.42. The van der Waals surface area contributed by atoms with Gasteiger partial charge >= 0.3 is 0 Å². The van der Waals surface area contributed by atoms with Crippen LogP contribution in [-0.2, 0) is 4.74 Å². The molecule has 1 N–H and O–H groups in total. The van der Waals surface area contributed by atoms with Crippen LogP contribution >= 0.6 is 11.8 Å². The van der Waals surface area contributed by atoms with E-state index in [1.807, 2.05) is 11.8 Å². The van der Waals surface area contributed by atoms with Gasteiger partial charge in [0.05, 0.1) is 12.7 Å². The number of hydrogen-bond donors (Lipinski definition) is 1. The number of nitrogens with one attached hydrogen (secondary N) is 1. The van der Waals surface area contributed by atoms with Gasteiger partial charge in [0.15, 0.2) is 0 Å². The standard InChI is InChI=1S/C14H21NOS/c1-11-3-5-13(6-4-11)17-10-12(2)14-9-15-7-8-16-14/h3-6,12,14-15H,7-10H2,1-2H3. The number of benzene rings is 1. The van der Waals surface area contributed by atoms with Crippen LogP contribution < -0.4 is 5.32 Å². The smallest absolute Gasteiger partial charge is 0.0733 e. The normalized spacial score (nSPS) is 22.4. The summed E-state index contributed by atoms with van der Waals surface area (Å²) in [5.41, 5.74) is 1.32. The zero-order valence-corrected chi connectivity index (χ0v) is 11.4. The first-order valence-corrected chi connectivity index (χ1v) is 7.26. The van der Waals surface area contributed by atoms with Crippen LogP contribution in [0.15, 0.2) is 29.2 Å². The predicted octanol–water partition coefficient (Wildman–Crippen LogP) is 2.71. The van der Waals surface area contributed by atoms with E-state index in [9.17, 15) is 0 Å². The molecule has 1 saturated heterocycles. The Bertz CT molecular complexity index is 333. The molecule has 2 rings (SSSR count). The molecule has 94 valence electrons. The Hall–Kier alpha value is -0.510. The summed E-state index contributed by atoms with van der Waals surface area (Å²) in [4.78, 5) is 1.35. The molecule has 17 heavy (non-hydrogen) atoms. The van der Waals surface area contributed by atoms with Crippen LogP contribution in [0.2, 0.25) is 0 Å². The molecule has 0 bridgehead atoms. The van der Waals surface area contributed by atoms with Gasteiger partial charge < -0.3 is 10.1 Å². The molecule has 2 nitrogen and oxygen atoms in total. The third kappa shape index (κ3) is 4.02. The van der Waals surface area contributed by atoms with E-state index in [1.165, 1.54) is 10.5 Å². The summed E-state index contributed by atoms with van der Waals surface area (Å²) in [6, 6.07) is 8.75. The summed E-state index contributed by atoms with van der Waals surface area (Å²) >= 11 is 1.92. The van der Waals surface area contributed by atoms with Crippen LogP contribution in [-0.4, -0.2) is 31.6 Å². The topological polar surface area (TPSA) is 21.3 Å². The molecule has 1 fully saturated rings. The van der Waals surface area contributed by atoms with Gasteiger partial charge in [-0.15, -0.1) is 11.8 Å². The quantitative estimate of drug-likeness (QED) is 0.831. The average molecular weight is 251 g/mol. The van der Waals surface area contributed by atoms with Gasteiger partial charge in [-0.1, -0.05) is 24.6 Å². The lowest BCUT2D eigenvalue weighted by Gasteiger charge is -2.28. The van der Waals surface area contributed by atoms with E-state index >= 15 is 0 Å². The fraction of sp³-hybridized carbons (Fsp3) is 0.571. The van der Waals surface area contributed by atoms with E-state index in [4.69, 9.17) is 4.74 Å². The van der Waals surface area contributed by atoms with Crippen molar-refractivity contribution in [2.75, 3.05) is 25.4 Å². The second-order valence-corrected chi connectivity index (χ2v) is 5.81. The molecular weight excluding hydrogens is 230 g/mol. The van der Waals surface area contributed by atoms with E-state index in [1.54, 1.807) is 0 Å². The van der Waals surface area contributed by atoms with Gasteiger partial charge in [-0.3, -0.25) is 0 Å². The summed E-state index contributed by atoms with van der Waals surface area (Å²) in [6.07, 6.45) is 0.377. The van der Waals surface area contributed by atoms with E-state index in [2.05, 4.69) is 43.4 Å². The molecule has 0 aliphatic carbocycles. The SMILES string of the molecule is Cc1ccc(SCC(C)C2CNCCO2)cc1. The Morgan fingerprint density at radius 3 is 2.82 bits per heavy atom. The Kier molecular flexibility index (Phi) is 4.89. The van der Waals surface area contributed by atoms with Crippen molar-refractivity contribution in [3.8, 4) is 0 Å². The molecule has 1 aliphatic heterocycles. The van der Waals surface area contributed by atoms with E-state index in [0.717, 1.165) is 25.4 Å². The Balaban J connectivity index is 1.78. The lowest BCUT2D eigenvalue weighted by atomic mass is 10.1. The van der Waals surface area contributed by atoms with Crippen LogP contribution in [0.5, 0.6) is 0 Å². The summed E-state index contributed by atoms with van der Waals surface area (Å²) in [5.74, 6) is 1.71. The molecule has 1 aliphatic rings. The monoisotopic (exact) mass is 251 g/mol. The molecule has 1 heterocycles. The van der Waals surface area contributed by atoms with Gasteiger partial charge in [0.1, 0.15) is 0 Å². The van der Waals surface area contributed by atoms with Gasteiger partial charge in [0.25, 0.3) is 0 Å². The summed E-state index contributed by atoms with van der Waals surface area (Å²) in [6.45, 7) is 7.24. The van der Waals surface area contributed by atoms with Gasteiger partial charge in [-0.2, -0.15) is 0 Å². The maximum atomic E-state index is 5.77. The van der Waals surface area contributed by atoms with Crippen LogP contribution in [0, 0.1) is 12.8 Å². The maximum absolute atomic E-state index is 5.77. The number of aryl methyl sites for hydroxylation is 1. The number of ether oxygens (including phenoxy) is 1. The van der Waals surface area contributed by atoms with E-state index in [0.29, 0.717) is 12.0 Å². The highest BCUT2D eigenvalue weighted by atomic mass is 32.2. The minimum absolute atomic E-state index is 0.377. The van der Waals surface area contributed by atoms with Crippen molar-refractivity contribution in [1.29, 1.82) is 0 Å². The first-order chi connectivity index (χ1) is 8.25. The molecule has 0 spiro atoms. The maximum Gasteiger partial charge on any atom is 0.0733 e. The fourth-order valence-electron chi connectivity index (χ4n) is 1.92. The molecule has 0 amide bonds. The van der Waals surface area contributed by atoms with Gasteiger partial charge in [-0.25, -0.2) is 0 Å². The Morgan fingerprint density at radius 1 is 1.41 bits per heavy atom. The number of hydrogen-bond acceptors (Lipinski definition) is 3. The first-order valence-electron chi connectivity index (χ1n) is 6.27. The predicted molar refractivity (Wildman–Crippen MR) is 73.7 cm³/mol. The molecule has 0 radical (unpaired) electrons. The van der Waals surface area contributed by atoms with Crippen LogP contribution in [0.4, 0.5) is 0 Å². The third-order valence-electron chi connectivity index (χ3n) is 3.12. The number of thioether (sulfide) groups is 1. The first kappa shape index (κ1) is 12.9. The summed E-state index contributed by atoms with van der Waals surface area (Å²) < 4.78 is 5.77. The molecular formula is C14H21NOS. The van der Waals surface area contributed by atoms with Crippen molar-refractivity contribution in [3.63, 3.8) is 0 Å². The van der Waals surface area contributed by atoms with Crippen molar-refractivity contribution in [3.05, 3.63) is 29.8 Å². The molecule has 3 heteroatoms. The van der Waals surface area contributed by atoms with Gasteiger partial charge in [0, 0.05) is 23.7 Å². The molecule has 0 saturated carbocycles. The third-order valence-corrected chi connectivity index (χ3v) is 4.42. The molecule has 2 atom stereocenters. The second-order valence-electron chi connectivity index (χ2n) is 4.71. The van der Waals surface area contributed by atoms with E-state index < -0.39 is 0 Å². The molecule has 0 aromatic heterocycles. The highest BCUT2D eigenvalue weighted by molar-refractivity contribution is 7.99. The lowest BCUT2D eigenvalue weighted by molar-refractivity contribution is 0.00171. The van der Waals surface area contributed by atoms with Gasteiger partial charge in [-0.05, 0) is 25.0 Å². The average Bonchev–Trinajstić information content (AvgIpc) is 2.39. The summed E-state index contributed by atoms with van der Waals surface area (Å²) in [5, 5.41) is 3.39. The second kappa shape index (κ2) is 6.43. The van der Waals surface area contributed by atoms with Crippen molar-refractivity contribution < 1.29 is 4.74 Å². The van der Waals surface area contributed by atoms with Crippen LogP contribution in [0.3, 0.4) is 0 Å². The highest BCUT2D eigenvalue weighted by Crippen LogP contribution is 2.23. The molecule has 2 unspecified atom stereocenters. The fourth-order valence-corrected chi connectivity index (χ4v) is 2.92. The van der Waals surface area contributed by atoms with Gasteiger partial charge in [0.2, 0.25) is 0 Å². The zero-order valence-electron chi connectivity index (χ0n) is 10.6. The highest BCUT2D eigenvalue weighted by Gasteiger charge is 2.20. The number of rotatable bonds is 4. The van der Waals surface area contributed by atoms with Crippen LogP contribution in [0.1, 0.15) is 12.5 Å². The zero-order chi connectivity index (χ0) is 12.1. The van der Waals surface area contributed by atoms with Crippen molar-refractivity contribution in [2.45, 2.75) is 24.8 Å². The largest absolute Gasteiger partial charge is 0.375 e.